The highest BCUT2D eigenvalue weighted by molar-refractivity contribution is 5.91. The van der Waals surface area contributed by atoms with Gasteiger partial charge in [-0.25, -0.2) is 4.79 Å². The van der Waals surface area contributed by atoms with Gasteiger partial charge in [-0.3, -0.25) is 4.90 Å². The minimum Gasteiger partial charge on any atom is -0.445 e. The minimum atomic E-state index is -0.294. The monoisotopic (exact) mass is 217 g/mol. The number of nitrogens with zero attached hydrogens (tertiary/aromatic N) is 1. The topological polar surface area (TPSA) is 29.5 Å². The minimum absolute atomic E-state index is 0.162. The first-order valence-corrected chi connectivity index (χ1v) is 5.39. The molecular weight excluding hydrogens is 202 g/mol. The molecule has 1 aliphatic heterocycles. The van der Waals surface area contributed by atoms with Crippen molar-refractivity contribution in [2.75, 3.05) is 11.5 Å². The van der Waals surface area contributed by atoms with E-state index in [1.54, 1.807) is 11.0 Å². The van der Waals surface area contributed by atoms with Crippen LogP contribution in [0.15, 0.2) is 36.9 Å². The number of anilines is 1. The van der Waals surface area contributed by atoms with Gasteiger partial charge in [0.1, 0.15) is 6.61 Å². The highest BCUT2D eigenvalue weighted by Gasteiger charge is 2.31. The number of hydrogen-bond acceptors (Lipinski definition) is 2. The molecule has 0 aliphatic carbocycles. The summed E-state index contributed by atoms with van der Waals surface area (Å²) in [5.74, 6) is 0. The van der Waals surface area contributed by atoms with Crippen LogP contribution < -0.4 is 4.90 Å². The summed E-state index contributed by atoms with van der Waals surface area (Å²) in [6.45, 7) is 5.80. The quantitative estimate of drug-likeness (QED) is 0.713. The number of fused-ring (bicyclic) bond motifs is 1. The number of rotatable bonds is 2. The van der Waals surface area contributed by atoms with Gasteiger partial charge in [0.25, 0.3) is 0 Å². The van der Waals surface area contributed by atoms with Crippen molar-refractivity contribution >= 4 is 11.8 Å². The van der Waals surface area contributed by atoms with Crippen LogP contribution in [0.1, 0.15) is 12.5 Å². The van der Waals surface area contributed by atoms with Gasteiger partial charge in [0.05, 0.1) is 5.69 Å². The van der Waals surface area contributed by atoms with E-state index in [9.17, 15) is 4.79 Å². The van der Waals surface area contributed by atoms with Crippen LogP contribution in [0.2, 0.25) is 0 Å². The lowest BCUT2D eigenvalue weighted by Gasteiger charge is -2.21. The van der Waals surface area contributed by atoms with Crippen LogP contribution in [-0.2, 0) is 11.2 Å². The van der Waals surface area contributed by atoms with Crippen molar-refractivity contribution in [3.63, 3.8) is 0 Å². The van der Waals surface area contributed by atoms with E-state index < -0.39 is 0 Å². The van der Waals surface area contributed by atoms with Crippen molar-refractivity contribution in [1.29, 1.82) is 0 Å². The van der Waals surface area contributed by atoms with Crippen LogP contribution in [0.4, 0.5) is 10.5 Å². The number of benzene rings is 1. The number of amides is 1. The van der Waals surface area contributed by atoms with E-state index in [1.807, 2.05) is 31.2 Å². The van der Waals surface area contributed by atoms with E-state index in [-0.39, 0.29) is 18.7 Å². The lowest BCUT2D eigenvalue weighted by Crippen LogP contribution is -2.36. The molecule has 0 spiro atoms. The summed E-state index contributed by atoms with van der Waals surface area (Å²) >= 11 is 0. The van der Waals surface area contributed by atoms with Crippen molar-refractivity contribution in [3.8, 4) is 0 Å². The summed E-state index contributed by atoms with van der Waals surface area (Å²) in [4.78, 5) is 13.5. The molecule has 1 heterocycles. The molecule has 0 fully saturated rings. The molecule has 84 valence electrons. The van der Waals surface area contributed by atoms with E-state index in [1.165, 1.54) is 5.56 Å². The van der Waals surface area contributed by atoms with Gasteiger partial charge in [-0.2, -0.15) is 0 Å². The molecule has 1 aliphatic rings. The van der Waals surface area contributed by atoms with Crippen molar-refractivity contribution in [2.45, 2.75) is 19.4 Å². The van der Waals surface area contributed by atoms with Crippen molar-refractivity contribution in [2.24, 2.45) is 0 Å². The second-order valence-electron chi connectivity index (χ2n) is 3.92. The lowest BCUT2D eigenvalue weighted by molar-refractivity contribution is 0.164. The molecule has 1 aromatic rings. The van der Waals surface area contributed by atoms with E-state index in [4.69, 9.17) is 4.74 Å². The highest BCUT2D eigenvalue weighted by atomic mass is 16.6. The zero-order chi connectivity index (χ0) is 11.5. The van der Waals surface area contributed by atoms with Crippen LogP contribution in [0.5, 0.6) is 0 Å². The van der Waals surface area contributed by atoms with Crippen LogP contribution in [-0.4, -0.2) is 18.7 Å². The molecule has 1 aromatic carbocycles. The first-order chi connectivity index (χ1) is 7.74. The fraction of sp³-hybridized carbons (Fsp3) is 0.308. The predicted octanol–water partition coefficient (Wildman–Crippen LogP) is 2.76. The Bertz CT molecular complexity index is 414. The van der Waals surface area contributed by atoms with Gasteiger partial charge in [0, 0.05) is 6.04 Å². The summed E-state index contributed by atoms with van der Waals surface area (Å²) in [7, 11) is 0. The Balaban J connectivity index is 2.21. The Labute approximate surface area is 95.3 Å². The number of ether oxygens (including phenoxy) is 1. The lowest BCUT2D eigenvalue weighted by atomic mass is 10.1. The molecule has 1 amide bonds. The van der Waals surface area contributed by atoms with Gasteiger partial charge in [-0.05, 0) is 25.0 Å². The molecule has 0 bridgehead atoms. The van der Waals surface area contributed by atoms with E-state index >= 15 is 0 Å². The van der Waals surface area contributed by atoms with Crippen LogP contribution in [0, 0.1) is 0 Å². The fourth-order valence-corrected chi connectivity index (χ4v) is 2.04. The Kier molecular flexibility index (Phi) is 2.95. The fourth-order valence-electron chi connectivity index (χ4n) is 2.04. The molecule has 1 unspecified atom stereocenters. The van der Waals surface area contributed by atoms with Gasteiger partial charge >= 0.3 is 6.09 Å². The first kappa shape index (κ1) is 10.7. The molecule has 3 heteroatoms. The van der Waals surface area contributed by atoms with Gasteiger partial charge in [-0.1, -0.05) is 30.9 Å². The van der Waals surface area contributed by atoms with Crippen molar-refractivity contribution < 1.29 is 9.53 Å². The number of carbonyl (C=O) groups is 1. The second-order valence-corrected chi connectivity index (χ2v) is 3.92. The van der Waals surface area contributed by atoms with Crippen molar-refractivity contribution in [3.05, 3.63) is 42.5 Å². The molecular formula is C13H15NO2. The molecule has 2 rings (SSSR count). The molecule has 16 heavy (non-hydrogen) atoms. The maximum Gasteiger partial charge on any atom is 0.414 e. The molecule has 0 saturated heterocycles. The maximum atomic E-state index is 11.8. The van der Waals surface area contributed by atoms with Crippen LogP contribution in [0.25, 0.3) is 0 Å². The second kappa shape index (κ2) is 4.39. The first-order valence-electron chi connectivity index (χ1n) is 5.39. The highest BCUT2D eigenvalue weighted by Crippen LogP contribution is 2.32. The molecule has 0 N–H and O–H groups in total. The Morgan fingerprint density at radius 1 is 1.62 bits per heavy atom. The molecule has 0 radical (unpaired) electrons. The average molecular weight is 217 g/mol. The standard InChI is InChI=1S/C13H15NO2/c1-3-8-16-13(15)14-10(2)9-11-6-4-5-7-12(11)14/h3-7,10H,1,8-9H2,2H3. The third kappa shape index (κ3) is 1.81. The molecule has 1 atom stereocenters. The SMILES string of the molecule is C=CCOC(=O)N1c2ccccc2CC1C. The third-order valence-corrected chi connectivity index (χ3v) is 2.73. The molecule has 3 nitrogen and oxygen atoms in total. The number of para-hydroxylation sites is 1. The van der Waals surface area contributed by atoms with E-state index in [2.05, 4.69) is 6.58 Å². The van der Waals surface area contributed by atoms with E-state index in [0.29, 0.717) is 0 Å². The largest absolute Gasteiger partial charge is 0.445 e. The van der Waals surface area contributed by atoms with Gasteiger partial charge < -0.3 is 4.74 Å². The van der Waals surface area contributed by atoms with Crippen LogP contribution >= 0.6 is 0 Å². The van der Waals surface area contributed by atoms with Gasteiger partial charge in [-0.15, -0.1) is 0 Å². The Morgan fingerprint density at radius 3 is 3.12 bits per heavy atom. The van der Waals surface area contributed by atoms with Gasteiger partial charge in [0.15, 0.2) is 0 Å². The van der Waals surface area contributed by atoms with E-state index in [0.717, 1.165) is 12.1 Å². The maximum absolute atomic E-state index is 11.8. The van der Waals surface area contributed by atoms with Gasteiger partial charge in [0.2, 0.25) is 0 Å². The normalized spacial score (nSPS) is 18.1. The summed E-state index contributed by atoms with van der Waals surface area (Å²) in [6.07, 6.45) is 2.17. The average Bonchev–Trinajstić information content (AvgIpc) is 2.62. The summed E-state index contributed by atoms with van der Waals surface area (Å²) in [5.41, 5.74) is 2.16. The van der Waals surface area contributed by atoms with Crippen LogP contribution in [0.3, 0.4) is 0 Å². The summed E-state index contributed by atoms with van der Waals surface area (Å²) in [5, 5.41) is 0. The zero-order valence-corrected chi connectivity index (χ0v) is 9.35. The summed E-state index contributed by atoms with van der Waals surface area (Å²) in [6, 6.07) is 8.09. The smallest absolute Gasteiger partial charge is 0.414 e. The number of carbonyl (C=O) groups excluding carboxylic acids is 1. The molecule has 0 aromatic heterocycles. The Hall–Kier alpha value is -1.77. The zero-order valence-electron chi connectivity index (χ0n) is 9.35. The van der Waals surface area contributed by atoms with Crippen molar-refractivity contribution in [1.82, 2.24) is 0 Å². The predicted molar refractivity (Wildman–Crippen MR) is 63.6 cm³/mol. The third-order valence-electron chi connectivity index (χ3n) is 2.73. The molecule has 0 saturated carbocycles. The number of hydrogen-bond donors (Lipinski definition) is 0. The summed E-state index contributed by atoms with van der Waals surface area (Å²) < 4.78 is 5.07. The Morgan fingerprint density at radius 2 is 2.38 bits per heavy atom.